The van der Waals surface area contributed by atoms with Gasteiger partial charge >= 0.3 is 12.3 Å². The molecule has 1 aliphatic carbocycles. The quantitative estimate of drug-likeness (QED) is 0.683. The summed E-state index contributed by atoms with van der Waals surface area (Å²) in [5.41, 5.74) is -1.55. The summed E-state index contributed by atoms with van der Waals surface area (Å²) in [7, 11) is 0. The van der Waals surface area contributed by atoms with Gasteiger partial charge in [-0.2, -0.15) is 13.2 Å². The highest BCUT2D eigenvalue weighted by atomic mass is 19.4. The Hall–Kier alpha value is -2.52. The van der Waals surface area contributed by atoms with E-state index >= 15 is 0 Å². The van der Waals surface area contributed by atoms with E-state index in [9.17, 15) is 22.8 Å². The Labute approximate surface area is 199 Å². The molecule has 190 valence electrons. The zero-order valence-electron chi connectivity index (χ0n) is 20.5. The van der Waals surface area contributed by atoms with Crippen LogP contribution in [0.4, 0.5) is 23.7 Å². The fraction of sp³-hybridized carbons (Fsp3) is 0.708. The minimum absolute atomic E-state index is 0.0535. The fourth-order valence-corrected chi connectivity index (χ4v) is 4.88. The van der Waals surface area contributed by atoms with Gasteiger partial charge in [0.15, 0.2) is 0 Å². The lowest BCUT2D eigenvalue weighted by Crippen LogP contribution is -2.54. The first-order valence-electron chi connectivity index (χ1n) is 11.8. The van der Waals surface area contributed by atoms with Gasteiger partial charge in [-0.15, -0.1) is 0 Å². The lowest BCUT2D eigenvalue weighted by Gasteiger charge is -2.42. The smallest absolute Gasteiger partial charge is 0.417 e. The van der Waals surface area contributed by atoms with Crippen molar-refractivity contribution < 1.29 is 27.5 Å². The number of pyridine rings is 1. The zero-order valence-corrected chi connectivity index (χ0v) is 20.5. The average molecular weight is 485 g/mol. The van der Waals surface area contributed by atoms with Gasteiger partial charge in [-0.3, -0.25) is 9.78 Å². The van der Waals surface area contributed by atoms with E-state index in [0.29, 0.717) is 51.1 Å². The first-order chi connectivity index (χ1) is 15.7. The summed E-state index contributed by atoms with van der Waals surface area (Å²) in [5, 5.41) is 2.91. The molecular formula is C24H35F3N4O3. The van der Waals surface area contributed by atoms with Gasteiger partial charge in [-0.25, -0.2) is 4.79 Å². The highest BCUT2D eigenvalue weighted by Gasteiger charge is 2.50. The minimum atomic E-state index is -4.45. The van der Waals surface area contributed by atoms with Gasteiger partial charge in [-0.05, 0) is 52.0 Å². The molecule has 2 amide bonds. The average Bonchev–Trinajstić information content (AvgIpc) is 3.16. The van der Waals surface area contributed by atoms with Crippen molar-refractivity contribution in [3.8, 4) is 0 Å². The third-order valence-corrected chi connectivity index (χ3v) is 6.78. The summed E-state index contributed by atoms with van der Waals surface area (Å²) in [5.74, 6) is 0.133. The molecule has 1 N–H and O–H groups in total. The zero-order chi connectivity index (χ0) is 25.3. The van der Waals surface area contributed by atoms with Crippen LogP contribution in [0, 0.1) is 11.3 Å². The molecule has 2 fully saturated rings. The highest BCUT2D eigenvalue weighted by Crippen LogP contribution is 2.46. The van der Waals surface area contributed by atoms with E-state index in [4.69, 9.17) is 4.74 Å². The molecule has 0 aromatic carbocycles. The highest BCUT2D eigenvalue weighted by molar-refractivity contribution is 5.84. The molecule has 7 nitrogen and oxygen atoms in total. The van der Waals surface area contributed by atoms with Gasteiger partial charge in [0.2, 0.25) is 5.91 Å². The number of carbonyl (C=O) groups is 2. The Bertz CT molecular complexity index is 892. The van der Waals surface area contributed by atoms with Crippen LogP contribution in [0.25, 0.3) is 0 Å². The third-order valence-electron chi connectivity index (χ3n) is 6.78. The van der Waals surface area contributed by atoms with Crippen molar-refractivity contribution in [2.24, 2.45) is 11.3 Å². The minimum Gasteiger partial charge on any atom is -0.444 e. The van der Waals surface area contributed by atoms with Crippen LogP contribution < -0.4 is 10.2 Å². The monoisotopic (exact) mass is 484 g/mol. The van der Waals surface area contributed by atoms with Crippen LogP contribution in [0.15, 0.2) is 18.5 Å². The SMILES string of the molecule is CC(C)C1(C(=O)N2CCN(c3cncc(C(F)(F)F)c3)CC2)CC[C@@H](NC(=O)OC(C)(C)C)C1. The predicted molar refractivity (Wildman–Crippen MR) is 122 cm³/mol. The largest absolute Gasteiger partial charge is 0.444 e. The molecule has 1 saturated heterocycles. The summed E-state index contributed by atoms with van der Waals surface area (Å²) >= 11 is 0. The Morgan fingerprint density at radius 3 is 2.35 bits per heavy atom. The van der Waals surface area contributed by atoms with Gasteiger partial charge < -0.3 is 19.9 Å². The predicted octanol–water partition coefficient (Wildman–Crippen LogP) is 4.47. The summed E-state index contributed by atoms with van der Waals surface area (Å²) in [6.45, 7) is 11.2. The molecule has 2 heterocycles. The van der Waals surface area contributed by atoms with Gasteiger partial charge in [0.05, 0.1) is 22.9 Å². The second-order valence-corrected chi connectivity index (χ2v) is 10.6. The maximum absolute atomic E-state index is 13.7. The van der Waals surface area contributed by atoms with Crippen molar-refractivity contribution in [3.05, 3.63) is 24.0 Å². The molecule has 0 radical (unpaired) electrons. The number of hydrogen-bond acceptors (Lipinski definition) is 5. The first kappa shape index (κ1) is 26.1. The van der Waals surface area contributed by atoms with E-state index in [0.717, 1.165) is 12.3 Å². The number of alkyl halides is 3. The van der Waals surface area contributed by atoms with Gasteiger partial charge in [-0.1, -0.05) is 13.8 Å². The van der Waals surface area contributed by atoms with E-state index in [1.807, 2.05) is 23.6 Å². The number of anilines is 1. The van der Waals surface area contributed by atoms with Crippen LogP contribution in [-0.4, -0.2) is 59.7 Å². The molecule has 1 aromatic heterocycles. The first-order valence-corrected chi connectivity index (χ1v) is 11.8. The van der Waals surface area contributed by atoms with Crippen LogP contribution in [-0.2, 0) is 15.7 Å². The summed E-state index contributed by atoms with van der Waals surface area (Å²) in [4.78, 5) is 33.3. The lowest BCUT2D eigenvalue weighted by atomic mass is 9.74. The molecule has 0 bridgehead atoms. The number of alkyl carbamates (subject to hydrolysis) is 1. The normalized spacial score (nSPS) is 23.9. The third kappa shape index (κ3) is 5.93. The second kappa shape index (κ2) is 9.62. The molecule has 1 aliphatic heterocycles. The molecule has 2 aliphatic rings. The topological polar surface area (TPSA) is 74.8 Å². The Morgan fingerprint density at radius 1 is 1.15 bits per heavy atom. The molecule has 10 heteroatoms. The molecule has 3 rings (SSSR count). The lowest BCUT2D eigenvalue weighted by molar-refractivity contribution is -0.145. The van der Waals surface area contributed by atoms with Crippen molar-refractivity contribution in [2.45, 2.75) is 71.7 Å². The van der Waals surface area contributed by atoms with Crippen molar-refractivity contribution in [2.75, 3.05) is 31.1 Å². The summed E-state index contributed by atoms with van der Waals surface area (Å²) in [6, 6.07) is 0.961. The number of piperazine rings is 1. The maximum atomic E-state index is 13.7. The number of carbonyl (C=O) groups excluding carboxylic acids is 2. The van der Waals surface area contributed by atoms with Crippen LogP contribution in [0.2, 0.25) is 0 Å². The Kier molecular flexibility index (Phi) is 7.38. The van der Waals surface area contributed by atoms with Crippen molar-refractivity contribution in [3.63, 3.8) is 0 Å². The van der Waals surface area contributed by atoms with E-state index in [-0.39, 0.29) is 17.9 Å². The Morgan fingerprint density at radius 2 is 1.79 bits per heavy atom. The number of ether oxygens (including phenoxy) is 1. The molecular weight excluding hydrogens is 449 g/mol. The maximum Gasteiger partial charge on any atom is 0.417 e. The number of nitrogens with one attached hydrogen (secondary N) is 1. The van der Waals surface area contributed by atoms with Crippen LogP contribution in [0.1, 0.15) is 59.4 Å². The molecule has 1 saturated carbocycles. The summed E-state index contributed by atoms with van der Waals surface area (Å²) in [6.07, 6.45) is -0.783. The van der Waals surface area contributed by atoms with E-state index in [1.165, 1.54) is 6.20 Å². The van der Waals surface area contributed by atoms with Gasteiger partial charge in [0.25, 0.3) is 0 Å². The summed E-state index contributed by atoms with van der Waals surface area (Å²) < 4.78 is 44.5. The standard InChI is InChI=1S/C24H35F3N4O3/c1-16(2)23(7-6-18(13-23)29-21(33)34-22(3,4)5)20(32)31-10-8-30(9-11-31)19-12-17(14-28-15-19)24(25,26)27/h12,14-16,18H,6-11,13H2,1-5H3,(H,29,33)/t18-,23?/m1/s1. The van der Waals surface area contributed by atoms with Gasteiger partial charge in [0.1, 0.15) is 5.60 Å². The van der Waals surface area contributed by atoms with Crippen LogP contribution in [0.3, 0.4) is 0 Å². The van der Waals surface area contributed by atoms with Gasteiger partial charge in [0, 0.05) is 38.4 Å². The number of amides is 2. The number of halogens is 3. The molecule has 0 spiro atoms. The number of nitrogens with zero attached hydrogens (tertiary/aromatic N) is 3. The van der Waals surface area contributed by atoms with Crippen molar-refractivity contribution in [1.29, 1.82) is 0 Å². The van der Waals surface area contributed by atoms with E-state index < -0.39 is 28.8 Å². The number of hydrogen-bond donors (Lipinski definition) is 1. The molecule has 1 unspecified atom stereocenters. The van der Waals surface area contributed by atoms with E-state index in [2.05, 4.69) is 10.3 Å². The molecule has 2 atom stereocenters. The number of aromatic nitrogens is 1. The van der Waals surface area contributed by atoms with Crippen molar-refractivity contribution >= 4 is 17.7 Å². The molecule has 1 aromatic rings. The Balaban J connectivity index is 1.63. The number of rotatable bonds is 4. The van der Waals surface area contributed by atoms with E-state index in [1.54, 1.807) is 20.8 Å². The van der Waals surface area contributed by atoms with Crippen LogP contribution in [0.5, 0.6) is 0 Å². The fourth-order valence-electron chi connectivity index (χ4n) is 4.88. The van der Waals surface area contributed by atoms with Crippen LogP contribution >= 0.6 is 0 Å². The van der Waals surface area contributed by atoms with Crippen molar-refractivity contribution in [1.82, 2.24) is 15.2 Å². The molecule has 34 heavy (non-hydrogen) atoms. The second-order valence-electron chi connectivity index (χ2n) is 10.6.